The van der Waals surface area contributed by atoms with Crippen molar-refractivity contribution in [2.24, 2.45) is 16.3 Å². The van der Waals surface area contributed by atoms with Crippen molar-refractivity contribution in [2.75, 3.05) is 13.2 Å². The molecular weight excluding hydrogens is 496 g/mol. The average Bonchev–Trinajstić information content (AvgIpc) is 3.19. The number of carboxylic acids is 1. The van der Waals surface area contributed by atoms with Crippen LogP contribution in [0.2, 0.25) is 0 Å². The van der Waals surface area contributed by atoms with Crippen LogP contribution in [-0.4, -0.2) is 53.6 Å². The number of aliphatic imine (C=N–C) groups is 1. The van der Waals surface area contributed by atoms with E-state index in [4.69, 9.17) is 4.74 Å². The van der Waals surface area contributed by atoms with E-state index in [2.05, 4.69) is 10.3 Å². The SMILES string of the molecule is CC(=NCCCCC(NC(=O)OCC1c2ccccc2-c2ccccc21)C(=O)O)C1C(=O)CC(C)(C)CC1=O. The maximum atomic E-state index is 12.5. The number of unbranched alkanes of at least 4 members (excludes halogenated alkanes) is 1. The molecule has 0 aromatic heterocycles. The Morgan fingerprint density at radius 3 is 2.13 bits per heavy atom. The first kappa shape index (κ1) is 28.2. The normalized spacial score (nSPS) is 17.9. The second kappa shape index (κ2) is 11.9. The van der Waals surface area contributed by atoms with E-state index in [0.717, 1.165) is 22.3 Å². The summed E-state index contributed by atoms with van der Waals surface area (Å²) >= 11 is 0. The summed E-state index contributed by atoms with van der Waals surface area (Å²) in [6.07, 6.45) is 1.22. The molecule has 0 heterocycles. The molecule has 1 amide bonds. The number of fused-ring (bicyclic) bond motifs is 3. The summed E-state index contributed by atoms with van der Waals surface area (Å²) in [5.74, 6) is -2.18. The molecule has 1 unspecified atom stereocenters. The summed E-state index contributed by atoms with van der Waals surface area (Å²) in [6, 6.07) is 14.9. The quantitative estimate of drug-likeness (QED) is 0.247. The molecular formula is C31H36N2O6. The van der Waals surface area contributed by atoms with Crippen molar-refractivity contribution in [2.45, 2.75) is 64.8 Å². The predicted octanol–water partition coefficient (Wildman–Crippen LogP) is 5.18. The van der Waals surface area contributed by atoms with E-state index in [1.54, 1.807) is 6.92 Å². The zero-order valence-corrected chi connectivity index (χ0v) is 22.7. The van der Waals surface area contributed by atoms with Gasteiger partial charge >= 0.3 is 12.1 Å². The molecule has 1 atom stereocenters. The highest BCUT2D eigenvalue weighted by Gasteiger charge is 2.40. The Balaban J connectivity index is 1.25. The Morgan fingerprint density at radius 1 is 1.00 bits per heavy atom. The molecule has 8 nitrogen and oxygen atoms in total. The molecule has 2 aromatic rings. The van der Waals surface area contributed by atoms with E-state index in [1.807, 2.05) is 62.4 Å². The third kappa shape index (κ3) is 6.61. The van der Waals surface area contributed by atoms with Crippen molar-refractivity contribution in [3.63, 3.8) is 0 Å². The highest BCUT2D eigenvalue weighted by molar-refractivity contribution is 6.21. The zero-order valence-electron chi connectivity index (χ0n) is 22.7. The fourth-order valence-electron chi connectivity index (χ4n) is 5.70. The summed E-state index contributed by atoms with van der Waals surface area (Å²) in [6.45, 7) is 6.03. The van der Waals surface area contributed by atoms with Crippen LogP contribution in [0.4, 0.5) is 4.79 Å². The monoisotopic (exact) mass is 532 g/mol. The maximum Gasteiger partial charge on any atom is 0.407 e. The summed E-state index contributed by atoms with van der Waals surface area (Å²) in [5, 5.41) is 12.1. The van der Waals surface area contributed by atoms with Gasteiger partial charge in [0.15, 0.2) is 0 Å². The number of amides is 1. The second-order valence-electron chi connectivity index (χ2n) is 11.3. The minimum Gasteiger partial charge on any atom is -0.480 e. The first-order valence-corrected chi connectivity index (χ1v) is 13.5. The topological polar surface area (TPSA) is 122 Å². The van der Waals surface area contributed by atoms with Gasteiger partial charge in [-0.25, -0.2) is 9.59 Å². The molecule has 0 bridgehead atoms. The Hall–Kier alpha value is -3.81. The van der Waals surface area contributed by atoms with Gasteiger partial charge < -0.3 is 15.2 Å². The molecule has 2 N–H and O–H groups in total. The molecule has 2 aliphatic rings. The molecule has 2 aromatic carbocycles. The molecule has 39 heavy (non-hydrogen) atoms. The lowest BCUT2D eigenvalue weighted by Crippen LogP contribution is -2.41. The van der Waals surface area contributed by atoms with Crippen molar-refractivity contribution in [1.29, 1.82) is 0 Å². The Kier molecular flexibility index (Phi) is 8.63. The highest BCUT2D eigenvalue weighted by Crippen LogP contribution is 2.44. The van der Waals surface area contributed by atoms with Gasteiger partial charge in [-0.3, -0.25) is 14.6 Å². The molecule has 1 fully saturated rings. The van der Waals surface area contributed by atoms with Gasteiger partial charge in [0, 0.05) is 31.0 Å². The van der Waals surface area contributed by atoms with Gasteiger partial charge in [0.1, 0.15) is 30.1 Å². The molecule has 1 saturated carbocycles. The smallest absolute Gasteiger partial charge is 0.407 e. The van der Waals surface area contributed by atoms with Crippen LogP contribution in [0.15, 0.2) is 53.5 Å². The summed E-state index contributed by atoms with van der Waals surface area (Å²) in [4.78, 5) is 53.6. The number of alkyl carbamates (subject to hydrolysis) is 1. The fraction of sp³-hybridized carbons (Fsp3) is 0.452. The Morgan fingerprint density at radius 2 is 1.56 bits per heavy atom. The van der Waals surface area contributed by atoms with Crippen LogP contribution in [-0.2, 0) is 19.1 Å². The summed E-state index contributed by atoms with van der Waals surface area (Å²) in [5.41, 5.74) is 4.60. The minimum atomic E-state index is -1.13. The number of carboxylic acid groups (broad SMARTS) is 1. The number of rotatable bonds is 10. The molecule has 2 aliphatic carbocycles. The molecule has 0 spiro atoms. The number of carbonyl (C=O) groups is 4. The third-order valence-electron chi connectivity index (χ3n) is 7.56. The lowest BCUT2D eigenvalue weighted by Gasteiger charge is -2.31. The number of benzene rings is 2. The standard InChI is InChI=1S/C31H36N2O6/c1-19(28-26(34)16-31(2,3)17-27(28)35)32-15-9-8-14-25(29(36)37)33-30(38)39-18-24-22-12-6-4-10-20(22)21-11-5-7-13-23(21)24/h4-7,10-13,24-25,28H,8-9,14-18H2,1-3H3,(H,33,38)(H,36,37). The van der Waals surface area contributed by atoms with Crippen LogP contribution < -0.4 is 5.32 Å². The molecule has 206 valence electrons. The van der Waals surface area contributed by atoms with Crippen molar-refractivity contribution in [3.8, 4) is 11.1 Å². The zero-order chi connectivity index (χ0) is 28.2. The first-order valence-electron chi connectivity index (χ1n) is 13.5. The molecule has 4 rings (SSSR count). The highest BCUT2D eigenvalue weighted by atomic mass is 16.5. The lowest BCUT2D eigenvalue weighted by atomic mass is 9.70. The predicted molar refractivity (Wildman–Crippen MR) is 148 cm³/mol. The van der Waals surface area contributed by atoms with Gasteiger partial charge in [-0.1, -0.05) is 62.4 Å². The number of carbonyl (C=O) groups excluding carboxylic acids is 3. The fourth-order valence-corrected chi connectivity index (χ4v) is 5.70. The number of Topliss-reactive ketones (excluding diaryl/α,β-unsaturated/α-hetero) is 2. The van der Waals surface area contributed by atoms with E-state index >= 15 is 0 Å². The number of hydrogen-bond acceptors (Lipinski definition) is 6. The molecule has 8 heteroatoms. The van der Waals surface area contributed by atoms with Gasteiger partial charge in [0.2, 0.25) is 0 Å². The Bertz CT molecular complexity index is 1230. The van der Waals surface area contributed by atoms with E-state index in [-0.39, 0.29) is 35.9 Å². The number of nitrogens with one attached hydrogen (secondary N) is 1. The summed E-state index contributed by atoms with van der Waals surface area (Å²) < 4.78 is 5.48. The average molecular weight is 533 g/mol. The maximum absolute atomic E-state index is 12.5. The third-order valence-corrected chi connectivity index (χ3v) is 7.56. The van der Waals surface area contributed by atoms with Crippen LogP contribution in [0, 0.1) is 11.3 Å². The van der Waals surface area contributed by atoms with Crippen LogP contribution in [0.3, 0.4) is 0 Å². The molecule has 0 radical (unpaired) electrons. The second-order valence-corrected chi connectivity index (χ2v) is 11.3. The van der Waals surface area contributed by atoms with E-state index < -0.39 is 24.0 Å². The number of ether oxygens (including phenoxy) is 1. The lowest BCUT2D eigenvalue weighted by molar-refractivity contribution is -0.140. The van der Waals surface area contributed by atoms with E-state index in [9.17, 15) is 24.3 Å². The van der Waals surface area contributed by atoms with Crippen molar-refractivity contribution >= 4 is 29.3 Å². The van der Waals surface area contributed by atoms with Crippen molar-refractivity contribution in [3.05, 3.63) is 59.7 Å². The van der Waals surface area contributed by atoms with Crippen LogP contribution in [0.1, 0.15) is 69.9 Å². The van der Waals surface area contributed by atoms with Gasteiger partial charge in [-0.2, -0.15) is 0 Å². The van der Waals surface area contributed by atoms with Gasteiger partial charge in [-0.15, -0.1) is 0 Å². The minimum absolute atomic E-state index is 0.0873. The largest absolute Gasteiger partial charge is 0.480 e. The number of ketones is 2. The first-order chi connectivity index (χ1) is 18.6. The number of aliphatic carboxylic acids is 1. The number of hydrogen-bond donors (Lipinski definition) is 2. The van der Waals surface area contributed by atoms with Gasteiger partial charge in [0.05, 0.1) is 0 Å². The van der Waals surface area contributed by atoms with Crippen LogP contribution in [0.5, 0.6) is 0 Å². The van der Waals surface area contributed by atoms with Gasteiger partial charge in [0.25, 0.3) is 0 Å². The Labute approximate surface area is 228 Å². The van der Waals surface area contributed by atoms with E-state index in [1.165, 1.54) is 0 Å². The van der Waals surface area contributed by atoms with Crippen molar-refractivity contribution in [1.82, 2.24) is 5.32 Å². The number of nitrogens with zero attached hydrogens (tertiary/aromatic N) is 1. The van der Waals surface area contributed by atoms with Gasteiger partial charge in [-0.05, 0) is 53.9 Å². The molecule has 0 aliphatic heterocycles. The van der Waals surface area contributed by atoms with Crippen LogP contribution in [0.25, 0.3) is 11.1 Å². The molecule has 0 saturated heterocycles. The van der Waals surface area contributed by atoms with Crippen molar-refractivity contribution < 1.29 is 29.0 Å². The van der Waals surface area contributed by atoms with E-state index in [0.29, 0.717) is 37.9 Å². The van der Waals surface area contributed by atoms with Crippen LogP contribution >= 0.6 is 0 Å². The summed E-state index contributed by atoms with van der Waals surface area (Å²) in [7, 11) is 0.